The molecule has 1 atom stereocenters. The third-order valence-corrected chi connectivity index (χ3v) is 8.44. The molecule has 1 unspecified atom stereocenters. The molecule has 0 spiro atoms. The monoisotopic (exact) mass is 580 g/mol. The zero-order valence-corrected chi connectivity index (χ0v) is 24.7. The van der Waals surface area contributed by atoms with Crippen molar-refractivity contribution in [2.45, 2.75) is 25.7 Å². The summed E-state index contributed by atoms with van der Waals surface area (Å²) in [4.78, 5) is 5.15. The van der Waals surface area contributed by atoms with Crippen molar-refractivity contribution in [1.82, 2.24) is 9.80 Å². The van der Waals surface area contributed by atoms with Gasteiger partial charge in [-0.2, -0.15) is 0 Å². The van der Waals surface area contributed by atoms with E-state index in [2.05, 4.69) is 143 Å². The van der Waals surface area contributed by atoms with Crippen molar-refractivity contribution >= 4 is 11.6 Å². The Morgan fingerprint density at radius 3 is 1.74 bits per heavy atom. The minimum atomic E-state index is -0.0240. The molecule has 4 heteroatoms. The highest BCUT2D eigenvalue weighted by atomic mass is 35.5. The lowest BCUT2D eigenvalue weighted by Gasteiger charge is -2.34. The molecular weight excluding hydrogens is 548 g/mol. The molecule has 1 aliphatic rings. The first-order valence-corrected chi connectivity index (χ1v) is 15.2. The van der Waals surface area contributed by atoms with Crippen LogP contribution in [-0.2, 0) is 19.6 Å². The Bertz CT molecular complexity index is 1770. The first-order chi connectivity index (χ1) is 21.2. The van der Waals surface area contributed by atoms with E-state index in [1.807, 2.05) is 12.1 Å². The van der Waals surface area contributed by atoms with E-state index in [0.717, 1.165) is 49.0 Å². The van der Waals surface area contributed by atoms with Crippen molar-refractivity contribution in [2.24, 2.45) is 0 Å². The lowest BCUT2D eigenvalue weighted by molar-refractivity contribution is 0.0994. The summed E-state index contributed by atoms with van der Waals surface area (Å²) in [6, 6.07) is 51.0. The Morgan fingerprint density at radius 1 is 0.581 bits per heavy atom. The van der Waals surface area contributed by atoms with Crippen molar-refractivity contribution in [3.63, 3.8) is 0 Å². The number of furan rings is 1. The normalized spacial score (nSPS) is 15.6. The number of hydrogen-bond acceptors (Lipinski definition) is 3. The Labute approximate surface area is 258 Å². The van der Waals surface area contributed by atoms with Crippen LogP contribution in [0.3, 0.4) is 0 Å². The summed E-state index contributed by atoms with van der Waals surface area (Å²) in [6.45, 7) is 3.20. The molecule has 1 aliphatic heterocycles. The minimum absolute atomic E-state index is 0.0240. The molecule has 0 fully saturated rings. The number of benzene rings is 5. The largest absolute Gasteiger partial charge is 0.455 e. The van der Waals surface area contributed by atoms with Gasteiger partial charge in [0.2, 0.25) is 0 Å². The molecule has 0 radical (unpaired) electrons. The van der Waals surface area contributed by atoms with Crippen LogP contribution in [0.25, 0.3) is 22.6 Å². The average molecular weight is 581 g/mol. The molecule has 2 heterocycles. The Balaban J connectivity index is 1.47. The molecule has 5 aromatic carbocycles. The number of nitrogens with zero attached hydrogens (tertiary/aromatic N) is 2. The maximum atomic E-state index is 6.99. The zero-order chi connectivity index (χ0) is 29.0. The van der Waals surface area contributed by atoms with Gasteiger partial charge < -0.3 is 4.42 Å². The third-order valence-electron chi connectivity index (χ3n) is 8.19. The van der Waals surface area contributed by atoms with Crippen LogP contribution in [0.2, 0.25) is 5.02 Å². The summed E-state index contributed by atoms with van der Waals surface area (Å²) in [5, 5.41) is 0.712. The maximum absolute atomic E-state index is 6.99. The van der Waals surface area contributed by atoms with Crippen LogP contribution >= 0.6 is 11.6 Å². The second kappa shape index (κ2) is 12.4. The van der Waals surface area contributed by atoms with E-state index in [-0.39, 0.29) is 6.04 Å². The summed E-state index contributed by atoms with van der Waals surface area (Å²) in [5.41, 5.74) is 8.39. The molecule has 7 rings (SSSR count). The van der Waals surface area contributed by atoms with Crippen molar-refractivity contribution in [1.29, 1.82) is 0 Å². The van der Waals surface area contributed by atoms with Gasteiger partial charge in [0.1, 0.15) is 11.5 Å². The van der Waals surface area contributed by atoms with Crippen LogP contribution in [0.5, 0.6) is 0 Å². The van der Waals surface area contributed by atoms with Gasteiger partial charge in [0.25, 0.3) is 0 Å². The van der Waals surface area contributed by atoms with Crippen LogP contribution in [-0.4, -0.2) is 16.5 Å². The topological polar surface area (TPSA) is 19.6 Å². The highest BCUT2D eigenvalue weighted by Crippen LogP contribution is 2.47. The van der Waals surface area contributed by atoms with E-state index in [0.29, 0.717) is 5.02 Å². The van der Waals surface area contributed by atoms with Crippen LogP contribution in [0, 0.1) is 0 Å². The minimum Gasteiger partial charge on any atom is -0.455 e. The average Bonchev–Trinajstić information content (AvgIpc) is 3.34. The van der Waals surface area contributed by atoms with Gasteiger partial charge in [0.15, 0.2) is 0 Å². The molecule has 0 N–H and O–H groups in total. The van der Waals surface area contributed by atoms with E-state index in [4.69, 9.17) is 16.0 Å². The first kappa shape index (κ1) is 27.4. The molecule has 0 aliphatic carbocycles. The Hall–Kier alpha value is -4.41. The second-order valence-corrected chi connectivity index (χ2v) is 11.6. The van der Waals surface area contributed by atoms with Crippen LogP contribution in [0.1, 0.15) is 33.9 Å². The van der Waals surface area contributed by atoms with Gasteiger partial charge in [-0.25, -0.2) is 0 Å². The predicted octanol–water partition coefficient (Wildman–Crippen LogP) is 9.83. The van der Waals surface area contributed by atoms with E-state index in [1.165, 1.54) is 27.8 Å². The highest BCUT2D eigenvalue weighted by Gasteiger charge is 2.37. The second-order valence-electron chi connectivity index (χ2n) is 11.2. The smallest absolute Gasteiger partial charge is 0.140 e. The van der Waals surface area contributed by atoms with E-state index < -0.39 is 0 Å². The third kappa shape index (κ3) is 5.93. The molecule has 0 amide bonds. The SMILES string of the molecule is Clc1ccc(-c2oc(-c3ccccc3)c3c2C(c2ccccc2)N(Cc2ccccc2)CN(Cc2ccccc2)C3)cc1. The highest BCUT2D eigenvalue weighted by molar-refractivity contribution is 6.30. The van der Waals surface area contributed by atoms with Crippen molar-refractivity contribution in [3.8, 4) is 22.6 Å². The van der Waals surface area contributed by atoms with Gasteiger partial charge in [0, 0.05) is 46.9 Å². The lowest BCUT2D eigenvalue weighted by Crippen LogP contribution is -2.37. The fraction of sp³-hybridized carbons (Fsp3) is 0.128. The summed E-state index contributed by atoms with van der Waals surface area (Å²) in [6.07, 6.45) is 0. The zero-order valence-electron chi connectivity index (χ0n) is 23.9. The van der Waals surface area contributed by atoms with Crippen LogP contribution in [0.15, 0.2) is 150 Å². The molecular formula is C39H33ClN2O. The molecule has 43 heavy (non-hydrogen) atoms. The lowest BCUT2D eigenvalue weighted by atomic mass is 9.90. The van der Waals surface area contributed by atoms with Gasteiger partial charge in [-0.1, -0.05) is 133 Å². The van der Waals surface area contributed by atoms with Gasteiger partial charge in [-0.15, -0.1) is 0 Å². The first-order valence-electron chi connectivity index (χ1n) is 14.8. The van der Waals surface area contributed by atoms with Crippen LogP contribution < -0.4 is 0 Å². The molecule has 0 bridgehead atoms. The van der Waals surface area contributed by atoms with E-state index in [1.54, 1.807) is 0 Å². The molecule has 6 aromatic rings. The van der Waals surface area contributed by atoms with Crippen molar-refractivity contribution in [2.75, 3.05) is 6.67 Å². The summed E-state index contributed by atoms with van der Waals surface area (Å²) in [5.74, 6) is 1.83. The Morgan fingerprint density at radius 2 is 1.12 bits per heavy atom. The standard InChI is InChI=1S/C39H33ClN2O/c40-34-23-21-33(22-24-34)39-36-35(38(43-39)32-19-11-4-12-20-32)27-41(25-29-13-5-1-6-14-29)28-42(26-30-15-7-2-8-16-30)37(36)31-17-9-3-10-18-31/h1-24,37H,25-28H2. The van der Waals surface area contributed by atoms with Gasteiger partial charge in [0.05, 0.1) is 12.7 Å². The van der Waals surface area contributed by atoms with Crippen molar-refractivity contribution in [3.05, 3.63) is 178 Å². The van der Waals surface area contributed by atoms with E-state index >= 15 is 0 Å². The van der Waals surface area contributed by atoms with E-state index in [9.17, 15) is 0 Å². The number of halogens is 1. The maximum Gasteiger partial charge on any atom is 0.140 e. The molecule has 0 saturated carbocycles. The fourth-order valence-corrected chi connectivity index (χ4v) is 6.40. The van der Waals surface area contributed by atoms with Gasteiger partial charge >= 0.3 is 0 Å². The van der Waals surface area contributed by atoms with Crippen LogP contribution in [0.4, 0.5) is 0 Å². The fourth-order valence-electron chi connectivity index (χ4n) is 6.28. The number of rotatable bonds is 7. The molecule has 3 nitrogen and oxygen atoms in total. The Kier molecular flexibility index (Phi) is 7.94. The van der Waals surface area contributed by atoms with Gasteiger partial charge in [-0.3, -0.25) is 9.80 Å². The summed E-state index contributed by atoms with van der Waals surface area (Å²) < 4.78 is 6.99. The summed E-state index contributed by atoms with van der Waals surface area (Å²) >= 11 is 6.36. The van der Waals surface area contributed by atoms with Crippen molar-refractivity contribution < 1.29 is 4.42 Å². The molecule has 1 aromatic heterocycles. The predicted molar refractivity (Wildman–Crippen MR) is 175 cm³/mol. The number of hydrogen-bond donors (Lipinski definition) is 0. The van der Waals surface area contributed by atoms with Gasteiger partial charge in [-0.05, 0) is 41.0 Å². The quantitative estimate of drug-likeness (QED) is 0.187. The molecule has 0 saturated heterocycles. The molecule has 212 valence electrons. The number of fused-ring (bicyclic) bond motifs is 1. The summed E-state index contributed by atoms with van der Waals surface area (Å²) in [7, 11) is 0.